The largest absolute Gasteiger partial charge is 0.508 e. The number of rotatable bonds is 55. The Hall–Kier alpha value is -11.4. The van der Waals surface area contributed by atoms with E-state index in [1.54, 1.807) is 64.3 Å². The highest BCUT2D eigenvalue weighted by atomic mass is 32.2. The molecule has 0 radical (unpaired) electrons. The van der Waals surface area contributed by atoms with Crippen LogP contribution in [0.2, 0.25) is 0 Å². The first-order valence-electron chi connectivity index (χ1n) is 40.1. The Morgan fingerprint density at radius 3 is 1.32 bits per heavy atom. The van der Waals surface area contributed by atoms with Crippen LogP contribution in [0.25, 0.3) is 0 Å². The Kier molecular flexibility index (Phi) is 44.6. The number of phenolic OH excluding ortho intramolecular Hbond substituents is 2. The van der Waals surface area contributed by atoms with Crippen LogP contribution in [0.15, 0.2) is 88.8 Å². The lowest BCUT2D eigenvalue weighted by molar-refractivity contribution is -0.143. The molecule has 0 bridgehead atoms. The van der Waals surface area contributed by atoms with Crippen LogP contribution in [0, 0.1) is 11.8 Å². The number of carbonyl (C=O) groups is 14. The molecule has 1 aliphatic heterocycles. The van der Waals surface area contributed by atoms with Crippen molar-refractivity contribution in [1.29, 1.82) is 0 Å². The van der Waals surface area contributed by atoms with Crippen molar-refractivity contribution >= 4 is 106 Å². The Morgan fingerprint density at radius 2 is 0.874 bits per heavy atom. The van der Waals surface area contributed by atoms with Crippen molar-refractivity contribution in [3.63, 3.8) is 0 Å². The van der Waals surface area contributed by atoms with Gasteiger partial charge in [0.05, 0.1) is 13.0 Å². The molecule has 119 heavy (non-hydrogen) atoms. The average molecular weight is 1690 g/mol. The maximum atomic E-state index is 15.1. The summed E-state index contributed by atoms with van der Waals surface area (Å²) in [4.78, 5) is 207. The molecule has 4 rings (SSSR count). The normalized spacial score (nSPS) is 15.4. The molecule has 3 aromatic rings. The summed E-state index contributed by atoms with van der Waals surface area (Å²) in [7, 11) is 0. The SMILES string of the molecule is CC[C@H](C)[C@H](NC(=O)[C@H](CCCN=C(N)N)NC(=O)[C@H](CCCCN)NC(=O)[C@H](CC(N)=O)NC(=O)CN)C(=O)N[C@@H](CCCCN)C(=O)N[C@@H](CCCN=C(N)N)C(=O)N[C@@H](CC(C)C)C(=O)N[C@@H](CCSC)C(=O)N1CCC[C@H]1C(=O)N[C@@H](Cc1ccc(O)cc1)C(=O)N[C@@H](Cc1ccc(O)cc1)C(=O)N[C@@H](Cc1ccccc1)C(=O)O. The van der Waals surface area contributed by atoms with Crippen molar-refractivity contribution in [3.05, 3.63) is 95.6 Å². The number of hydrogen-bond donors (Lipinski definition) is 22. The number of nitrogens with zero attached hydrogens (tertiary/aromatic N) is 3. The molecule has 0 saturated carbocycles. The number of hydrogen-bond acceptors (Lipinski definition) is 22. The van der Waals surface area contributed by atoms with Gasteiger partial charge in [-0.1, -0.05) is 88.7 Å². The van der Waals surface area contributed by atoms with Gasteiger partial charge in [-0.15, -0.1) is 0 Å². The molecule has 658 valence electrons. The van der Waals surface area contributed by atoms with E-state index in [2.05, 4.69) is 68.5 Å². The molecule has 0 spiro atoms. The van der Waals surface area contributed by atoms with E-state index in [1.165, 1.54) is 65.2 Å². The average Bonchev–Trinajstić information content (AvgIpc) is 1.75. The fourth-order valence-corrected chi connectivity index (χ4v) is 13.5. The molecule has 1 fully saturated rings. The van der Waals surface area contributed by atoms with Gasteiger partial charge in [0.2, 0.25) is 76.8 Å². The zero-order valence-electron chi connectivity index (χ0n) is 68.4. The van der Waals surface area contributed by atoms with Gasteiger partial charge in [0.1, 0.15) is 84.0 Å². The van der Waals surface area contributed by atoms with Crippen molar-refractivity contribution in [2.45, 2.75) is 222 Å². The number of aromatic hydroxyl groups is 2. The van der Waals surface area contributed by atoms with Gasteiger partial charge >= 0.3 is 5.97 Å². The van der Waals surface area contributed by atoms with Crippen LogP contribution in [0.1, 0.15) is 147 Å². The van der Waals surface area contributed by atoms with E-state index in [0.29, 0.717) is 41.7 Å². The summed E-state index contributed by atoms with van der Waals surface area (Å²) >= 11 is 1.36. The molecule has 13 atom stereocenters. The summed E-state index contributed by atoms with van der Waals surface area (Å²) in [5.74, 6) is -13.8. The standard InChI is InChI=1S/C79H124N22O17S/c1-6-46(4)65(100-69(109)55(22-15-36-89-79(86)87)92-66(106)52(19-10-12-33-80)93-73(113)60(43-63(83)104)90-64(105)44-82)75(115)94-53(20-11-13-34-81)67(107)91-54(21-14-35-88-78(84)85)68(108)96-57(39-45(2)3)70(110)95-56(32-38-119-5)76(116)101-37-16-23-62(101)74(114)98-59(41-49-26-30-51(103)31-27-49)71(111)97-58(40-48-24-28-50(102)29-25-48)72(112)99-61(77(117)118)42-47-17-8-7-9-18-47/h7-9,17-18,24-31,45-46,52-62,65,102-103H,6,10-16,19-23,32-44,80-82H2,1-5H3,(H2,83,104)(H,90,105)(H,91,107)(H,92,106)(H,93,113)(H,94,115)(H,95,110)(H,96,108)(H,97,111)(H,98,114)(H,99,112)(H,100,109)(H,117,118)(H4,84,85,88)(H4,86,87,89)/t46-,52-,53-,54-,55-,56-,57-,58-,59-,60-,61-,62-,65-/m0/s1. The molecular formula is C79H124N22O17S. The van der Waals surface area contributed by atoms with E-state index in [0.717, 1.165) is 0 Å². The lowest BCUT2D eigenvalue weighted by Crippen LogP contribution is -2.61. The van der Waals surface area contributed by atoms with E-state index in [4.69, 9.17) is 45.9 Å². The molecule has 1 saturated heterocycles. The smallest absolute Gasteiger partial charge is 0.326 e. The number of guanidine groups is 2. The van der Waals surface area contributed by atoms with Crippen molar-refractivity contribution in [3.8, 4) is 11.5 Å². The lowest BCUT2D eigenvalue weighted by atomic mass is 9.96. The highest BCUT2D eigenvalue weighted by Gasteiger charge is 2.42. The predicted octanol–water partition coefficient (Wildman–Crippen LogP) is -3.42. The van der Waals surface area contributed by atoms with Crippen molar-refractivity contribution < 1.29 is 82.4 Å². The quantitative estimate of drug-likeness (QED) is 0.0149. The fourth-order valence-electron chi connectivity index (χ4n) is 13.0. The molecule has 0 aliphatic carbocycles. The molecule has 13 amide bonds. The number of carboxylic acids is 1. The summed E-state index contributed by atoms with van der Waals surface area (Å²) < 4.78 is 0. The fraction of sp³-hybridized carbons (Fsp3) is 0.570. The lowest BCUT2D eigenvalue weighted by Gasteiger charge is -2.31. The minimum atomic E-state index is -1.53. The van der Waals surface area contributed by atoms with E-state index >= 15 is 4.79 Å². The molecule has 39 nitrogen and oxygen atoms in total. The van der Waals surface area contributed by atoms with Crippen molar-refractivity contribution in [1.82, 2.24) is 63.4 Å². The monoisotopic (exact) mass is 1680 g/mol. The zero-order valence-corrected chi connectivity index (χ0v) is 69.2. The number of benzene rings is 3. The van der Waals surface area contributed by atoms with Crippen LogP contribution >= 0.6 is 11.8 Å². The van der Waals surface area contributed by atoms with Gasteiger partial charge in [-0.2, -0.15) is 11.8 Å². The number of amides is 13. The topological polar surface area (TPSA) is 668 Å². The molecule has 1 heterocycles. The highest BCUT2D eigenvalue weighted by Crippen LogP contribution is 2.23. The van der Waals surface area contributed by atoms with E-state index in [9.17, 15) is 77.6 Å². The number of nitrogens with two attached hydrogens (primary N) is 8. The van der Waals surface area contributed by atoms with Crippen LogP contribution in [0.4, 0.5) is 0 Å². The Bertz CT molecular complexity index is 3880. The second-order valence-corrected chi connectivity index (χ2v) is 30.7. The first-order chi connectivity index (χ1) is 56.6. The second kappa shape index (κ2) is 53.1. The van der Waals surface area contributed by atoms with Gasteiger partial charge < -0.3 is 125 Å². The van der Waals surface area contributed by atoms with Gasteiger partial charge in [-0.25, -0.2) is 4.79 Å². The van der Waals surface area contributed by atoms with E-state index < -0.39 is 174 Å². The number of thioether (sulfide) groups is 1. The number of aliphatic carboxylic acids is 1. The maximum absolute atomic E-state index is 15.1. The maximum Gasteiger partial charge on any atom is 0.326 e. The highest BCUT2D eigenvalue weighted by molar-refractivity contribution is 7.98. The third-order valence-electron chi connectivity index (χ3n) is 19.7. The minimum absolute atomic E-state index is 0.0102. The third-order valence-corrected chi connectivity index (χ3v) is 20.3. The van der Waals surface area contributed by atoms with Crippen molar-refractivity contribution in [2.75, 3.05) is 51.3 Å². The first-order valence-corrected chi connectivity index (χ1v) is 41.5. The van der Waals surface area contributed by atoms with E-state index in [1.807, 2.05) is 0 Å². The number of likely N-dealkylation sites (tertiary alicyclic amines) is 1. The summed E-state index contributed by atoms with van der Waals surface area (Å²) in [6.45, 7) is 6.81. The Labute approximate surface area is 697 Å². The summed E-state index contributed by atoms with van der Waals surface area (Å²) in [5, 5.41) is 60.0. The summed E-state index contributed by atoms with van der Waals surface area (Å²) in [5.41, 5.74) is 46.5. The molecular weight excluding hydrogens is 1560 g/mol. The van der Waals surface area contributed by atoms with Crippen LogP contribution in [-0.2, 0) is 86.4 Å². The number of nitrogens with one attached hydrogen (secondary N) is 11. The molecule has 0 unspecified atom stereocenters. The molecule has 30 N–H and O–H groups in total. The molecule has 3 aromatic carbocycles. The van der Waals surface area contributed by atoms with Crippen LogP contribution in [0.3, 0.4) is 0 Å². The molecule has 40 heteroatoms. The molecule has 0 aromatic heterocycles. The summed E-state index contributed by atoms with van der Waals surface area (Å²) in [6, 6.07) is 3.19. The number of unbranched alkanes of at least 4 members (excludes halogenated alkanes) is 2. The Balaban J connectivity index is 1.66. The number of aliphatic imine (C=N–C) groups is 2. The van der Waals surface area contributed by atoms with Gasteiger partial charge in [-0.05, 0) is 168 Å². The number of carbonyl (C=O) groups excluding carboxylic acids is 13. The van der Waals surface area contributed by atoms with Gasteiger partial charge in [0.25, 0.3) is 0 Å². The van der Waals surface area contributed by atoms with Gasteiger partial charge in [0.15, 0.2) is 11.9 Å². The van der Waals surface area contributed by atoms with Crippen LogP contribution < -0.4 is 104 Å². The van der Waals surface area contributed by atoms with Crippen LogP contribution in [-0.4, -0.2) is 239 Å². The third kappa shape index (κ3) is 36.6. The number of phenols is 2. The van der Waals surface area contributed by atoms with Gasteiger partial charge in [-0.3, -0.25) is 72.3 Å². The van der Waals surface area contributed by atoms with E-state index in [-0.39, 0.29) is 158 Å². The zero-order chi connectivity index (χ0) is 88.3. The number of primary amides is 1. The second-order valence-electron chi connectivity index (χ2n) is 29.8. The predicted molar refractivity (Wildman–Crippen MR) is 448 cm³/mol. The Morgan fingerprint density at radius 1 is 0.471 bits per heavy atom. The van der Waals surface area contributed by atoms with Crippen LogP contribution in [0.5, 0.6) is 11.5 Å². The van der Waals surface area contributed by atoms with Gasteiger partial charge in [0, 0.05) is 38.9 Å². The minimum Gasteiger partial charge on any atom is -0.508 e. The molecule has 1 aliphatic rings. The van der Waals surface area contributed by atoms with Crippen molar-refractivity contribution in [2.24, 2.45) is 67.7 Å². The first kappa shape index (κ1) is 100.0. The number of carboxylic acid groups (broad SMARTS) is 1. The summed E-state index contributed by atoms with van der Waals surface area (Å²) in [6.07, 6.45) is 2.46.